The van der Waals surface area contributed by atoms with Crippen molar-refractivity contribution in [2.24, 2.45) is 0 Å². The van der Waals surface area contributed by atoms with Crippen LogP contribution in [-0.4, -0.2) is 25.7 Å². The summed E-state index contributed by atoms with van der Waals surface area (Å²) in [6.07, 6.45) is 3.98. The van der Waals surface area contributed by atoms with Crippen molar-refractivity contribution in [2.75, 3.05) is 14.2 Å². The van der Waals surface area contributed by atoms with Crippen molar-refractivity contribution < 1.29 is 19.0 Å². The Hall–Kier alpha value is -2.95. The predicted octanol–water partition coefficient (Wildman–Crippen LogP) is 4.13. The van der Waals surface area contributed by atoms with Crippen molar-refractivity contribution in [3.05, 3.63) is 58.7 Å². The lowest BCUT2D eigenvalue weighted by atomic mass is 10.0. The van der Waals surface area contributed by atoms with Crippen LogP contribution in [0.2, 0.25) is 0 Å². The molecule has 5 heteroatoms. The summed E-state index contributed by atoms with van der Waals surface area (Å²) in [4.78, 5) is 12.6. The summed E-state index contributed by atoms with van der Waals surface area (Å²) in [5.74, 6) is 2.01. The van der Waals surface area contributed by atoms with Crippen LogP contribution < -0.4 is 19.5 Å². The van der Waals surface area contributed by atoms with Gasteiger partial charge in [0.05, 0.1) is 14.2 Å². The lowest BCUT2D eigenvalue weighted by molar-refractivity contribution is 0.0950. The number of aryl methyl sites for hydroxylation is 1. The Morgan fingerprint density at radius 2 is 1.93 bits per heavy atom. The summed E-state index contributed by atoms with van der Waals surface area (Å²) in [6.45, 7) is 6.34. The van der Waals surface area contributed by atoms with Crippen LogP contribution in [-0.2, 0) is 6.54 Å². The minimum Gasteiger partial charge on any atom is -0.493 e. The van der Waals surface area contributed by atoms with Crippen LogP contribution in [0.4, 0.5) is 0 Å². The molecule has 0 radical (unpaired) electrons. The molecular formula is C22H25NO4. The summed E-state index contributed by atoms with van der Waals surface area (Å²) in [6, 6.07) is 9.32. The van der Waals surface area contributed by atoms with Gasteiger partial charge >= 0.3 is 0 Å². The molecule has 1 aliphatic heterocycles. The van der Waals surface area contributed by atoms with E-state index in [1.807, 2.05) is 57.2 Å². The van der Waals surface area contributed by atoms with Gasteiger partial charge in [0, 0.05) is 17.7 Å². The SMILES string of the molecule is COc1cc(CNC(=O)c2ccc3c(c2)C=CC(C)(C)O3)cc(C)c1OC. The summed E-state index contributed by atoms with van der Waals surface area (Å²) in [5.41, 5.74) is 3.08. The maximum absolute atomic E-state index is 12.6. The van der Waals surface area contributed by atoms with Crippen LogP contribution >= 0.6 is 0 Å². The van der Waals surface area contributed by atoms with Gasteiger partial charge in [-0.15, -0.1) is 0 Å². The topological polar surface area (TPSA) is 56.8 Å². The number of hydrogen-bond donors (Lipinski definition) is 1. The van der Waals surface area contributed by atoms with Crippen molar-refractivity contribution in [1.29, 1.82) is 0 Å². The number of amides is 1. The monoisotopic (exact) mass is 367 g/mol. The van der Waals surface area contributed by atoms with Crippen LogP contribution in [0.15, 0.2) is 36.4 Å². The van der Waals surface area contributed by atoms with Crippen LogP contribution in [0.1, 0.15) is 40.9 Å². The van der Waals surface area contributed by atoms with E-state index in [2.05, 4.69) is 5.32 Å². The zero-order valence-electron chi connectivity index (χ0n) is 16.4. The molecule has 1 N–H and O–H groups in total. The molecule has 0 aromatic heterocycles. The molecule has 142 valence electrons. The van der Waals surface area contributed by atoms with Crippen molar-refractivity contribution in [3.8, 4) is 17.2 Å². The number of ether oxygens (including phenoxy) is 3. The molecule has 1 amide bonds. The smallest absolute Gasteiger partial charge is 0.251 e. The highest BCUT2D eigenvalue weighted by Gasteiger charge is 2.22. The molecule has 1 heterocycles. The predicted molar refractivity (Wildman–Crippen MR) is 106 cm³/mol. The van der Waals surface area contributed by atoms with E-state index in [4.69, 9.17) is 14.2 Å². The number of hydrogen-bond acceptors (Lipinski definition) is 4. The second kappa shape index (κ2) is 7.35. The average molecular weight is 367 g/mol. The highest BCUT2D eigenvalue weighted by molar-refractivity contribution is 5.95. The fourth-order valence-electron chi connectivity index (χ4n) is 3.13. The van der Waals surface area contributed by atoms with E-state index in [9.17, 15) is 4.79 Å². The highest BCUT2D eigenvalue weighted by Crippen LogP contribution is 2.33. The molecule has 0 atom stereocenters. The lowest BCUT2D eigenvalue weighted by Gasteiger charge is -2.27. The standard InChI is InChI=1S/C22H25NO4/c1-14-10-15(11-19(25-4)20(14)26-5)13-23-21(24)17-6-7-18-16(12-17)8-9-22(2,3)27-18/h6-12H,13H2,1-5H3,(H,23,24). The third-order valence-electron chi connectivity index (χ3n) is 4.49. The molecule has 0 unspecified atom stereocenters. The van der Waals surface area contributed by atoms with Crippen LogP contribution in [0.25, 0.3) is 6.08 Å². The highest BCUT2D eigenvalue weighted by atomic mass is 16.5. The first-order chi connectivity index (χ1) is 12.8. The van der Waals surface area contributed by atoms with E-state index in [1.54, 1.807) is 20.3 Å². The van der Waals surface area contributed by atoms with Crippen molar-refractivity contribution in [1.82, 2.24) is 5.32 Å². The van der Waals surface area contributed by atoms with E-state index in [1.165, 1.54) is 0 Å². The summed E-state index contributed by atoms with van der Waals surface area (Å²) < 4.78 is 16.6. The maximum atomic E-state index is 12.6. The maximum Gasteiger partial charge on any atom is 0.251 e. The quantitative estimate of drug-likeness (QED) is 0.863. The molecule has 0 spiro atoms. The van der Waals surface area contributed by atoms with Gasteiger partial charge in [-0.25, -0.2) is 0 Å². The van der Waals surface area contributed by atoms with Gasteiger partial charge in [0.15, 0.2) is 11.5 Å². The first-order valence-electron chi connectivity index (χ1n) is 8.85. The summed E-state index contributed by atoms with van der Waals surface area (Å²) in [7, 11) is 3.21. The van der Waals surface area contributed by atoms with Gasteiger partial charge in [0.1, 0.15) is 11.4 Å². The fourth-order valence-corrected chi connectivity index (χ4v) is 3.13. The average Bonchev–Trinajstić information content (AvgIpc) is 2.64. The number of carbonyl (C=O) groups excluding carboxylic acids is 1. The van der Waals surface area contributed by atoms with Crippen molar-refractivity contribution in [2.45, 2.75) is 32.9 Å². The Bertz CT molecular complexity index is 899. The number of fused-ring (bicyclic) bond motifs is 1. The summed E-state index contributed by atoms with van der Waals surface area (Å²) in [5, 5.41) is 2.95. The molecular weight excluding hydrogens is 342 g/mol. The molecule has 2 aromatic rings. The fraction of sp³-hybridized carbons (Fsp3) is 0.318. The summed E-state index contributed by atoms with van der Waals surface area (Å²) >= 11 is 0. The minimum absolute atomic E-state index is 0.136. The second-order valence-corrected chi connectivity index (χ2v) is 7.12. The van der Waals surface area contributed by atoms with Crippen LogP contribution in [0, 0.1) is 6.92 Å². The number of methoxy groups -OCH3 is 2. The van der Waals surface area contributed by atoms with E-state index >= 15 is 0 Å². The molecule has 0 saturated heterocycles. The third kappa shape index (κ3) is 4.08. The third-order valence-corrected chi connectivity index (χ3v) is 4.49. The molecule has 0 saturated carbocycles. The molecule has 0 bridgehead atoms. The van der Waals surface area contributed by atoms with Crippen LogP contribution in [0.5, 0.6) is 17.2 Å². The largest absolute Gasteiger partial charge is 0.493 e. The molecule has 0 aliphatic carbocycles. The Balaban J connectivity index is 1.73. The molecule has 2 aromatic carbocycles. The first kappa shape index (κ1) is 18.8. The van der Waals surface area contributed by atoms with Gasteiger partial charge in [-0.3, -0.25) is 4.79 Å². The normalized spacial score (nSPS) is 14.1. The van der Waals surface area contributed by atoms with E-state index in [-0.39, 0.29) is 11.5 Å². The zero-order valence-corrected chi connectivity index (χ0v) is 16.4. The molecule has 3 rings (SSSR count). The van der Waals surface area contributed by atoms with E-state index in [0.717, 1.165) is 22.4 Å². The van der Waals surface area contributed by atoms with Crippen LogP contribution in [0.3, 0.4) is 0 Å². The lowest BCUT2D eigenvalue weighted by Crippen LogP contribution is -2.28. The van der Waals surface area contributed by atoms with E-state index in [0.29, 0.717) is 23.6 Å². The van der Waals surface area contributed by atoms with Gasteiger partial charge < -0.3 is 19.5 Å². The van der Waals surface area contributed by atoms with Crippen molar-refractivity contribution >= 4 is 12.0 Å². The molecule has 1 aliphatic rings. The van der Waals surface area contributed by atoms with Gasteiger partial charge in [0.2, 0.25) is 0 Å². The Kier molecular flexibility index (Phi) is 5.13. The Labute approximate surface area is 159 Å². The number of nitrogens with one attached hydrogen (secondary N) is 1. The molecule has 5 nitrogen and oxygen atoms in total. The first-order valence-corrected chi connectivity index (χ1v) is 8.85. The Morgan fingerprint density at radius 3 is 2.63 bits per heavy atom. The van der Waals surface area contributed by atoms with E-state index < -0.39 is 0 Å². The minimum atomic E-state index is -0.331. The molecule has 27 heavy (non-hydrogen) atoms. The number of carbonyl (C=O) groups is 1. The number of rotatable bonds is 5. The van der Waals surface area contributed by atoms with Gasteiger partial charge in [-0.1, -0.05) is 12.1 Å². The van der Waals surface area contributed by atoms with Gasteiger partial charge in [0.25, 0.3) is 5.91 Å². The Morgan fingerprint density at radius 1 is 1.15 bits per heavy atom. The van der Waals surface area contributed by atoms with Crippen molar-refractivity contribution in [3.63, 3.8) is 0 Å². The second-order valence-electron chi connectivity index (χ2n) is 7.12. The van der Waals surface area contributed by atoms with Gasteiger partial charge in [-0.05, 0) is 62.2 Å². The molecule has 0 fully saturated rings. The zero-order chi connectivity index (χ0) is 19.6. The van der Waals surface area contributed by atoms with Gasteiger partial charge in [-0.2, -0.15) is 0 Å². The number of benzene rings is 2.